The van der Waals surface area contributed by atoms with E-state index < -0.39 is 0 Å². The third kappa shape index (κ3) is 3.95. The minimum atomic E-state index is -0.222. The van der Waals surface area contributed by atoms with E-state index in [-0.39, 0.29) is 17.7 Å². The number of carbonyl (C=O) groups excluding carboxylic acids is 2. The maximum Gasteiger partial charge on any atom is 0.270 e. The molecule has 2 amide bonds. The fourth-order valence-corrected chi connectivity index (χ4v) is 5.43. The number of hydrogen-bond acceptors (Lipinski definition) is 4. The van der Waals surface area contributed by atoms with Gasteiger partial charge in [-0.25, -0.2) is 0 Å². The Hall–Kier alpha value is -2.64. The maximum atomic E-state index is 13.0. The van der Waals surface area contributed by atoms with Crippen molar-refractivity contribution in [2.75, 3.05) is 51.6 Å². The molecule has 3 aliphatic heterocycles. The van der Waals surface area contributed by atoms with Gasteiger partial charge in [0.15, 0.2) is 0 Å². The molecule has 1 aromatic carbocycles. The number of aromatic nitrogens is 1. The van der Waals surface area contributed by atoms with Crippen molar-refractivity contribution < 1.29 is 9.59 Å². The van der Waals surface area contributed by atoms with Gasteiger partial charge in [-0.1, -0.05) is 12.1 Å². The number of carbonyl (C=O) groups is 2. The van der Waals surface area contributed by atoms with Gasteiger partial charge >= 0.3 is 0 Å². The molecular weight excluding hydrogens is 402 g/mol. The molecule has 2 fully saturated rings. The number of nitrogens with one attached hydrogen (secondary N) is 3. The molecule has 3 aliphatic rings. The number of piperidine rings is 1. The largest absolute Gasteiger partial charge is 0.354 e. The quantitative estimate of drug-likeness (QED) is 0.689. The number of likely N-dealkylation sites (N-methyl/N-ethyl adjacent to an activating group) is 1. The third-order valence-corrected chi connectivity index (χ3v) is 7.39. The molecule has 170 valence electrons. The van der Waals surface area contributed by atoms with E-state index in [4.69, 9.17) is 0 Å². The predicted octanol–water partition coefficient (Wildman–Crippen LogP) is 2.46. The summed E-state index contributed by atoms with van der Waals surface area (Å²) in [6.45, 7) is 7.37. The normalized spacial score (nSPS) is 22.1. The van der Waals surface area contributed by atoms with E-state index in [0.717, 1.165) is 74.6 Å². The molecule has 2 saturated heterocycles. The van der Waals surface area contributed by atoms with E-state index in [1.54, 1.807) is 0 Å². The molecule has 2 aromatic rings. The van der Waals surface area contributed by atoms with Crippen LogP contribution in [0.3, 0.4) is 0 Å². The molecule has 7 nitrogen and oxygen atoms in total. The number of aromatic amines is 1. The second-order valence-electron chi connectivity index (χ2n) is 9.52. The average molecular weight is 436 g/mol. The molecule has 4 heterocycles. The molecule has 1 atom stereocenters. The Balaban J connectivity index is 1.39. The minimum absolute atomic E-state index is 0.0547. The highest BCUT2D eigenvalue weighted by Crippen LogP contribution is 2.42. The van der Waals surface area contributed by atoms with Crippen molar-refractivity contribution in [3.8, 4) is 0 Å². The zero-order valence-electron chi connectivity index (χ0n) is 19.0. The van der Waals surface area contributed by atoms with Crippen molar-refractivity contribution in [1.29, 1.82) is 0 Å². The smallest absolute Gasteiger partial charge is 0.270 e. The van der Waals surface area contributed by atoms with Crippen LogP contribution >= 0.6 is 0 Å². The number of benzene rings is 1. The highest BCUT2D eigenvalue weighted by molar-refractivity contribution is 6.03. The highest BCUT2D eigenvalue weighted by Gasteiger charge is 2.35. The van der Waals surface area contributed by atoms with Crippen molar-refractivity contribution in [2.24, 2.45) is 0 Å². The lowest BCUT2D eigenvalue weighted by Gasteiger charge is -2.32. The van der Waals surface area contributed by atoms with Crippen LogP contribution in [0.2, 0.25) is 0 Å². The summed E-state index contributed by atoms with van der Waals surface area (Å²) in [5, 5.41) is 6.54. The molecule has 0 aliphatic carbocycles. The zero-order valence-corrected chi connectivity index (χ0v) is 19.0. The summed E-state index contributed by atoms with van der Waals surface area (Å²) in [6.07, 6.45) is 2.79. The lowest BCUT2D eigenvalue weighted by Crippen LogP contribution is -2.47. The summed E-state index contributed by atoms with van der Waals surface area (Å²) in [5.41, 5.74) is 6.08. The monoisotopic (exact) mass is 435 g/mol. The van der Waals surface area contributed by atoms with Gasteiger partial charge in [-0.2, -0.15) is 0 Å². The first-order valence-corrected chi connectivity index (χ1v) is 11.8. The van der Waals surface area contributed by atoms with Crippen LogP contribution in [0.15, 0.2) is 24.3 Å². The average Bonchev–Trinajstić information content (AvgIpc) is 3.34. The van der Waals surface area contributed by atoms with E-state index in [9.17, 15) is 9.59 Å². The second-order valence-corrected chi connectivity index (χ2v) is 9.52. The van der Waals surface area contributed by atoms with E-state index in [0.29, 0.717) is 18.0 Å². The number of rotatable bonds is 4. The van der Waals surface area contributed by atoms with E-state index >= 15 is 0 Å². The molecule has 32 heavy (non-hydrogen) atoms. The van der Waals surface area contributed by atoms with Crippen molar-refractivity contribution >= 4 is 17.5 Å². The lowest BCUT2D eigenvalue weighted by atomic mass is 9.82. The fraction of sp³-hybridized carbons (Fsp3) is 0.520. The van der Waals surface area contributed by atoms with E-state index in [1.807, 2.05) is 24.0 Å². The Morgan fingerprint density at radius 1 is 1.12 bits per heavy atom. The summed E-state index contributed by atoms with van der Waals surface area (Å²) in [5.74, 6) is 0.377. The Morgan fingerprint density at radius 2 is 1.88 bits per heavy atom. The Bertz CT molecular complexity index is 1020. The van der Waals surface area contributed by atoms with Gasteiger partial charge in [0.25, 0.3) is 5.91 Å². The molecule has 0 radical (unpaired) electrons. The van der Waals surface area contributed by atoms with Crippen LogP contribution in [0.4, 0.5) is 5.69 Å². The maximum absolute atomic E-state index is 13.0. The van der Waals surface area contributed by atoms with Gasteiger partial charge in [-0.15, -0.1) is 0 Å². The van der Waals surface area contributed by atoms with Gasteiger partial charge in [-0.05, 0) is 74.6 Å². The summed E-state index contributed by atoms with van der Waals surface area (Å²) in [7, 11) is 2.08. The highest BCUT2D eigenvalue weighted by atomic mass is 16.2. The predicted molar refractivity (Wildman–Crippen MR) is 125 cm³/mol. The van der Waals surface area contributed by atoms with Crippen molar-refractivity contribution in [2.45, 2.75) is 38.0 Å². The third-order valence-electron chi connectivity index (χ3n) is 7.39. The topological polar surface area (TPSA) is 80.5 Å². The van der Waals surface area contributed by atoms with Crippen LogP contribution in [0.5, 0.6) is 0 Å². The SMILES string of the molecule is Cc1cc(C(=O)N2CCN(C)CC2)[nH]c1CC1C(=O)Nc2cccc(C3CCNCC3)c21. The molecular formula is C25H33N5O2. The standard InChI is InChI=1S/C25H33N5O2/c1-16-14-22(25(32)30-12-10-29(2)11-13-30)27-21(16)15-19-23-18(17-6-8-26-9-7-17)4-3-5-20(23)28-24(19)31/h3-5,14,17,19,26-27H,6-13,15H2,1-2H3,(H,28,31). The van der Waals surface area contributed by atoms with E-state index in [1.165, 1.54) is 5.56 Å². The number of nitrogens with zero attached hydrogens (tertiary/aromatic N) is 2. The van der Waals surface area contributed by atoms with Gasteiger partial charge in [0, 0.05) is 44.0 Å². The molecule has 5 rings (SSSR count). The number of amides is 2. The van der Waals surface area contributed by atoms with Gasteiger partial charge in [0.05, 0.1) is 5.92 Å². The Morgan fingerprint density at radius 3 is 2.62 bits per heavy atom. The number of hydrogen-bond donors (Lipinski definition) is 3. The van der Waals surface area contributed by atoms with Gasteiger partial charge < -0.3 is 25.4 Å². The summed E-state index contributed by atoms with van der Waals surface area (Å²) >= 11 is 0. The second kappa shape index (κ2) is 8.71. The van der Waals surface area contributed by atoms with Crippen LogP contribution in [0, 0.1) is 6.92 Å². The lowest BCUT2D eigenvalue weighted by molar-refractivity contribution is -0.117. The Labute approximate surface area is 189 Å². The summed E-state index contributed by atoms with van der Waals surface area (Å²) in [4.78, 5) is 33.5. The van der Waals surface area contributed by atoms with Gasteiger partial charge in [0.1, 0.15) is 5.69 Å². The molecule has 1 unspecified atom stereocenters. The molecule has 0 bridgehead atoms. The minimum Gasteiger partial charge on any atom is -0.354 e. The molecule has 0 spiro atoms. The first-order chi connectivity index (χ1) is 15.5. The first-order valence-electron chi connectivity index (χ1n) is 11.8. The Kier molecular flexibility index (Phi) is 5.78. The van der Waals surface area contributed by atoms with Crippen LogP contribution in [0.1, 0.15) is 57.6 Å². The number of piperazine rings is 1. The van der Waals surface area contributed by atoms with Gasteiger partial charge in [-0.3, -0.25) is 9.59 Å². The fourth-order valence-electron chi connectivity index (χ4n) is 5.43. The molecule has 7 heteroatoms. The molecule has 1 aromatic heterocycles. The van der Waals surface area contributed by atoms with Crippen LogP contribution in [0.25, 0.3) is 0 Å². The number of aryl methyl sites for hydroxylation is 1. The van der Waals surface area contributed by atoms with Gasteiger partial charge in [0.2, 0.25) is 5.91 Å². The number of H-pyrrole nitrogens is 1. The summed E-state index contributed by atoms with van der Waals surface area (Å²) in [6, 6.07) is 8.22. The van der Waals surface area contributed by atoms with Crippen LogP contribution in [-0.4, -0.2) is 72.9 Å². The first kappa shape index (κ1) is 21.2. The summed E-state index contributed by atoms with van der Waals surface area (Å²) < 4.78 is 0. The molecule has 0 saturated carbocycles. The number of fused-ring (bicyclic) bond motifs is 1. The number of anilines is 1. The van der Waals surface area contributed by atoms with Crippen LogP contribution in [-0.2, 0) is 11.2 Å². The van der Waals surface area contributed by atoms with Crippen molar-refractivity contribution in [1.82, 2.24) is 20.1 Å². The van der Waals surface area contributed by atoms with Crippen LogP contribution < -0.4 is 10.6 Å². The van der Waals surface area contributed by atoms with Crippen molar-refractivity contribution in [3.05, 3.63) is 52.3 Å². The van der Waals surface area contributed by atoms with E-state index in [2.05, 4.69) is 39.7 Å². The molecule has 3 N–H and O–H groups in total. The zero-order chi connectivity index (χ0) is 22.2. The van der Waals surface area contributed by atoms with Crippen molar-refractivity contribution in [3.63, 3.8) is 0 Å².